The highest BCUT2D eigenvalue weighted by Crippen LogP contribution is 2.14. The van der Waals surface area contributed by atoms with E-state index in [1.165, 1.54) is 18.2 Å². The molecule has 0 aliphatic heterocycles. The number of benzene rings is 1. The van der Waals surface area contributed by atoms with Gasteiger partial charge in [-0.3, -0.25) is 4.79 Å². The van der Waals surface area contributed by atoms with Crippen LogP contribution in [0.4, 0.5) is 0 Å². The Morgan fingerprint density at radius 2 is 1.86 bits per heavy atom. The Kier molecular flexibility index (Phi) is 5.84. The van der Waals surface area contributed by atoms with E-state index in [4.69, 9.17) is 5.14 Å². The van der Waals surface area contributed by atoms with Crippen molar-refractivity contribution in [3.8, 4) is 0 Å². The molecule has 10 heteroatoms. The Bertz CT molecular complexity index is 712. The van der Waals surface area contributed by atoms with Crippen molar-refractivity contribution in [2.75, 3.05) is 13.2 Å². The summed E-state index contributed by atoms with van der Waals surface area (Å²) in [4.78, 5) is 10.5. The summed E-state index contributed by atoms with van der Waals surface area (Å²) in [5.41, 5.74) is 0. The predicted octanol–water partition coefficient (Wildman–Crippen LogP) is -0.434. The molecule has 8 nitrogen and oxygen atoms in total. The SMILES string of the molecule is CCOC(=O)CCNS(=O)(=O)c1cccc(S(N)(=O)=O)c1. The lowest BCUT2D eigenvalue weighted by atomic mass is 10.4. The first-order chi connectivity index (χ1) is 9.66. The van der Waals surface area contributed by atoms with Gasteiger partial charge >= 0.3 is 5.97 Å². The van der Waals surface area contributed by atoms with Crippen molar-refractivity contribution in [1.29, 1.82) is 0 Å². The molecule has 0 aliphatic rings. The van der Waals surface area contributed by atoms with Gasteiger partial charge in [-0.2, -0.15) is 0 Å². The van der Waals surface area contributed by atoms with Gasteiger partial charge < -0.3 is 4.74 Å². The Balaban J connectivity index is 2.82. The molecule has 118 valence electrons. The average Bonchev–Trinajstić information content (AvgIpc) is 2.38. The summed E-state index contributed by atoms with van der Waals surface area (Å²) in [6.45, 7) is 1.70. The molecule has 0 radical (unpaired) electrons. The zero-order valence-corrected chi connectivity index (χ0v) is 12.9. The molecule has 1 aromatic carbocycles. The van der Waals surface area contributed by atoms with E-state index in [9.17, 15) is 21.6 Å². The molecule has 0 amide bonds. The van der Waals surface area contributed by atoms with E-state index in [1.54, 1.807) is 6.92 Å². The van der Waals surface area contributed by atoms with Crippen LogP contribution < -0.4 is 9.86 Å². The topological polar surface area (TPSA) is 133 Å². The van der Waals surface area contributed by atoms with Gasteiger partial charge in [-0.05, 0) is 25.1 Å². The highest BCUT2D eigenvalue weighted by atomic mass is 32.2. The fourth-order valence-corrected chi connectivity index (χ4v) is 3.13. The van der Waals surface area contributed by atoms with Crippen LogP contribution in [0.15, 0.2) is 34.1 Å². The molecule has 3 N–H and O–H groups in total. The second kappa shape index (κ2) is 6.98. The Morgan fingerprint density at radius 1 is 1.24 bits per heavy atom. The van der Waals surface area contributed by atoms with Crippen LogP contribution >= 0.6 is 0 Å². The van der Waals surface area contributed by atoms with Crippen LogP contribution in [-0.2, 0) is 29.6 Å². The molecule has 0 heterocycles. The summed E-state index contributed by atoms with van der Waals surface area (Å²) in [6.07, 6.45) is -0.123. The number of sulfonamides is 2. The molecule has 1 aromatic rings. The van der Waals surface area contributed by atoms with E-state index in [2.05, 4.69) is 9.46 Å². The average molecular weight is 336 g/mol. The summed E-state index contributed by atoms with van der Waals surface area (Å²) in [7, 11) is -7.92. The number of carbonyl (C=O) groups excluding carboxylic acids is 1. The molecule has 0 bridgehead atoms. The molecular formula is C11H16N2O6S2. The Labute approximate surface area is 123 Å². The summed E-state index contributed by atoms with van der Waals surface area (Å²) in [5, 5.41) is 4.94. The lowest BCUT2D eigenvalue weighted by molar-refractivity contribution is -0.142. The lowest BCUT2D eigenvalue weighted by Gasteiger charge is -2.07. The van der Waals surface area contributed by atoms with Crippen molar-refractivity contribution in [1.82, 2.24) is 4.72 Å². The van der Waals surface area contributed by atoms with Crippen molar-refractivity contribution in [3.63, 3.8) is 0 Å². The third-order valence-corrected chi connectivity index (χ3v) is 4.74. The van der Waals surface area contributed by atoms with Gasteiger partial charge in [0.1, 0.15) is 0 Å². The van der Waals surface area contributed by atoms with Crippen molar-refractivity contribution in [2.45, 2.75) is 23.1 Å². The molecule has 0 unspecified atom stereocenters. The van der Waals surface area contributed by atoms with Crippen molar-refractivity contribution in [2.24, 2.45) is 5.14 Å². The molecule has 1 rings (SSSR count). The number of ether oxygens (including phenoxy) is 1. The maximum Gasteiger partial charge on any atom is 0.307 e. The van der Waals surface area contributed by atoms with Gasteiger partial charge in [-0.25, -0.2) is 26.7 Å². The minimum Gasteiger partial charge on any atom is -0.466 e. The van der Waals surface area contributed by atoms with Crippen LogP contribution in [0.3, 0.4) is 0 Å². The number of rotatable bonds is 7. The van der Waals surface area contributed by atoms with Crippen LogP contribution in [-0.4, -0.2) is 36.0 Å². The van der Waals surface area contributed by atoms with E-state index in [1.807, 2.05) is 0 Å². The van der Waals surface area contributed by atoms with Crippen molar-refractivity contribution in [3.05, 3.63) is 24.3 Å². The van der Waals surface area contributed by atoms with Crippen LogP contribution in [0, 0.1) is 0 Å². The molecule has 21 heavy (non-hydrogen) atoms. The van der Waals surface area contributed by atoms with E-state index in [-0.39, 0.29) is 29.4 Å². The van der Waals surface area contributed by atoms with Gasteiger partial charge in [0.2, 0.25) is 20.0 Å². The van der Waals surface area contributed by atoms with E-state index in [0.29, 0.717) is 0 Å². The second-order valence-electron chi connectivity index (χ2n) is 3.97. The zero-order chi connectivity index (χ0) is 16.1. The molecule has 0 aromatic heterocycles. The fraction of sp³-hybridized carbons (Fsp3) is 0.364. The smallest absolute Gasteiger partial charge is 0.307 e. The van der Waals surface area contributed by atoms with Crippen LogP contribution in [0.25, 0.3) is 0 Å². The summed E-state index contributed by atoms with van der Waals surface area (Å²) in [5.74, 6) is -0.529. The maximum absolute atomic E-state index is 12.0. The van der Waals surface area contributed by atoms with Crippen LogP contribution in [0.5, 0.6) is 0 Å². The number of hydrogen-bond acceptors (Lipinski definition) is 6. The van der Waals surface area contributed by atoms with E-state index < -0.39 is 26.0 Å². The molecule has 0 aliphatic carbocycles. The molecule has 0 spiro atoms. The summed E-state index contributed by atoms with van der Waals surface area (Å²) < 4.78 is 53.1. The minimum absolute atomic E-state index is 0.123. The largest absolute Gasteiger partial charge is 0.466 e. The first-order valence-electron chi connectivity index (χ1n) is 5.95. The van der Waals surface area contributed by atoms with Crippen LogP contribution in [0.1, 0.15) is 13.3 Å². The normalized spacial score (nSPS) is 12.1. The molecule has 0 fully saturated rings. The van der Waals surface area contributed by atoms with Gasteiger partial charge in [0.15, 0.2) is 0 Å². The monoisotopic (exact) mass is 336 g/mol. The third kappa shape index (κ3) is 5.42. The minimum atomic E-state index is -3.99. The van der Waals surface area contributed by atoms with Gasteiger partial charge in [-0.15, -0.1) is 0 Å². The number of nitrogens with one attached hydrogen (secondary N) is 1. The first-order valence-corrected chi connectivity index (χ1v) is 8.98. The summed E-state index contributed by atoms with van der Waals surface area (Å²) in [6, 6.07) is 4.62. The third-order valence-electron chi connectivity index (χ3n) is 2.37. The summed E-state index contributed by atoms with van der Waals surface area (Å²) >= 11 is 0. The zero-order valence-electron chi connectivity index (χ0n) is 11.3. The van der Waals surface area contributed by atoms with E-state index >= 15 is 0 Å². The Hall–Kier alpha value is -1.49. The van der Waals surface area contributed by atoms with E-state index in [0.717, 1.165) is 6.07 Å². The first kappa shape index (κ1) is 17.6. The lowest BCUT2D eigenvalue weighted by Crippen LogP contribution is -2.27. The number of primary sulfonamides is 1. The van der Waals surface area contributed by atoms with Crippen molar-refractivity contribution < 1.29 is 26.4 Å². The number of nitrogens with two attached hydrogens (primary N) is 1. The highest BCUT2D eigenvalue weighted by molar-refractivity contribution is 7.90. The second-order valence-corrected chi connectivity index (χ2v) is 7.30. The standard InChI is InChI=1S/C11H16N2O6S2/c1-2-19-11(14)6-7-13-21(17,18)10-5-3-4-9(8-10)20(12,15)16/h3-5,8,13H,2,6-7H2,1H3,(H2,12,15,16). The quantitative estimate of drug-likeness (QED) is 0.649. The molecule has 0 atom stereocenters. The van der Waals surface area contributed by atoms with Gasteiger partial charge in [-0.1, -0.05) is 6.07 Å². The van der Waals surface area contributed by atoms with Crippen LogP contribution in [0.2, 0.25) is 0 Å². The fourth-order valence-electron chi connectivity index (χ4n) is 1.42. The van der Waals surface area contributed by atoms with Gasteiger partial charge in [0, 0.05) is 6.54 Å². The number of hydrogen-bond donors (Lipinski definition) is 2. The maximum atomic E-state index is 12.0. The van der Waals surface area contributed by atoms with Crippen molar-refractivity contribution >= 4 is 26.0 Å². The Morgan fingerprint density at radius 3 is 2.43 bits per heavy atom. The molecule has 0 saturated heterocycles. The number of carbonyl (C=O) groups is 1. The number of esters is 1. The molecule has 0 saturated carbocycles. The highest BCUT2D eigenvalue weighted by Gasteiger charge is 2.17. The predicted molar refractivity (Wildman–Crippen MR) is 74.3 cm³/mol. The van der Waals surface area contributed by atoms with Gasteiger partial charge in [0.25, 0.3) is 0 Å². The van der Waals surface area contributed by atoms with Gasteiger partial charge in [0.05, 0.1) is 22.8 Å². The molecular weight excluding hydrogens is 320 g/mol.